The molecule has 0 radical (unpaired) electrons. The van der Waals surface area contributed by atoms with Crippen molar-refractivity contribution in [1.82, 2.24) is 0 Å². The molecule has 12 N–H and O–H groups in total. The Bertz CT molecular complexity index is 1050. The lowest BCUT2D eigenvalue weighted by Crippen LogP contribution is -2.66. The summed E-state index contributed by atoms with van der Waals surface area (Å²) in [4.78, 5) is 4.16. The van der Waals surface area contributed by atoms with Crippen LogP contribution in [0, 0.1) is 0 Å². The molecule has 47 heavy (non-hydrogen) atoms. The molecule has 5 heterocycles. The van der Waals surface area contributed by atoms with Gasteiger partial charge in [-0.15, -0.1) is 0 Å². The van der Waals surface area contributed by atoms with Crippen LogP contribution in [0.5, 0.6) is 0 Å². The third-order valence-electron chi connectivity index (χ3n) is 8.78. The number of aliphatic hydroxyl groups excluding tert-OH is 12. The molecular formula is C26H43NO20. The van der Waals surface area contributed by atoms with Crippen molar-refractivity contribution in [3.05, 3.63) is 0 Å². The van der Waals surface area contributed by atoms with Crippen LogP contribution < -0.4 is 0 Å². The maximum atomic E-state index is 11.3. The van der Waals surface area contributed by atoms with Crippen LogP contribution in [0.1, 0.15) is 6.92 Å². The highest BCUT2D eigenvalue weighted by Gasteiger charge is 2.55. The second-order valence-electron chi connectivity index (χ2n) is 11.9. The van der Waals surface area contributed by atoms with Crippen LogP contribution in [0.3, 0.4) is 0 Å². The molecule has 20 atom stereocenters. The molecule has 0 aromatic carbocycles. The number of rotatable bonds is 10. The first-order valence-electron chi connectivity index (χ1n) is 15.0. The third-order valence-corrected chi connectivity index (χ3v) is 8.78. The van der Waals surface area contributed by atoms with Crippen LogP contribution in [0.15, 0.2) is 4.99 Å². The fourth-order valence-corrected chi connectivity index (χ4v) is 6.06. The standard InChI is InChI=1S/C26H43NO20/c1-6-27-11-15(34)21(9(4-30)44-23(11)41-6)46-26-20(39)22(47-25-19(38)17(36)13(32)8(3-29)43-25)14(33)10(45-26)5-40-24-18(37)16(35)12(31)7(2-28)42-24/h7-26,28-39H,2-5H2,1H3/t7?,8?,9?,10?,11?,12-,13-,14-,15?,16?,17?,18?,19?,20?,21-,22?,23+,24+,25-,26+/m1/s1. The van der Waals surface area contributed by atoms with E-state index in [1.54, 1.807) is 0 Å². The molecule has 0 aliphatic carbocycles. The Balaban J connectivity index is 1.37. The van der Waals surface area contributed by atoms with E-state index in [1.807, 2.05) is 0 Å². The van der Waals surface area contributed by atoms with Crippen LogP contribution >= 0.6 is 0 Å². The first-order valence-corrected chi connectivity index (χ1v) is 15.0. The highest BCUT2D eigenvalue weighted by atomic mass is 16.8. The van der Waals surface area contributed by atoms with E-state index in [0.29, 0.717) is 0 Å². The molecule has 5 aliphatic rings. The molecule has 0 bridgehead atoms. The maximum absolute atomic E-state index is 11.3. The predicted octanol–water partition coefficient (Wildman–Crippen LogP) is -8.28. The smallest absolute Gasteiger partial charge is 0.227 e. The molecule has 4 saturated heterocycles. The Morgan fingerprint density at radius 2 is 1.04 bits per heavy atom. The van der Waals surface area contributed by atoms with Crippen molar-refractivity contribution in [2.24, 2.45) is 4.99 Å². The summed E-state index contributed by atoms with van der Waals surface area (Å²) in [5.41, 5.74) is 0. The summed E-state index contributed by atoms with van der Waals surface area (Å²) in [6.07, 6.45) is -31.3. The van der Waals surface area contributed by atoms with Crippen molar-refractivity contribution < 1.29 is 99.2 Å². The van der Waals surface area contributed by atoms with Crippen LogP contribution in [0.2, 0.25) is 0 Å². The molecule has 0 aromatic rings. The van der Waals surface area contributed by atoms with Crippen LogP contribution in [-0.4, -0.2) is 216 Å². The van der Waals surface area contributed by atoms with Crippen molar-refractivity contribution >= 4 is 5.90 Å². The third kappa shape index (κ3) is 7.30. The van der Waals surface area contributed by atoms with Gasteiger partial charge in [-0.25, -0.2) is 4.99 Å². The van der Waals surface area contributed by atoms with Crippen LogP contribution in [0.25, 0.3) is 0 Å². The molecule has 12 unspecified atom stereocenters. The van der Waals surface area contributed by atoms with Gasteiger partial charge in [0.25, 0.3) is 0 Å². The summed E-state index contributed by atoms with van der Waals surface area (Å²) in [6, 6.07) is -0.986. The van der Waals surface area contributed by atoms with Gasteiger partial charge in [-0.05, 0) is 0 Å². The number of aliphatic hydroxyl groups is 12. The van der Waals surface area contributed by atoms with E-state index in [-0.39, 0.29) is 5.90 Å². The second kappa shape index (κ2) is 15.3. The normalized spacial score (nSPS) is 52.1. The van der Waals surface area contributed by atoms with Gasteiger partial charge in [-0.1, -0.05) is 0 Å². The van der Waals surface area contributed by atoms with E-state index >= 15 is 0 Å². The van der Waals surface area contributed by atoms with Gasteiger partial charge in [0.2, 0.25) is 6.29 Å². The summed E-state index contributed by atoms with van der Waals surface area (Å²) >= 11 is 0. The lowest BCUT2D eigenvalue weighted by molar-refractivity contribution is -0.378. The molecule has 0 aromatic heterocycles. The molecule has 4 fully saturated rings. The topological polar surface area (TPSA) is 329 Å². The minimum Gasteiger partial charge on any atom is -0.450 e. The summed E-state index contributed by atoms with van der Waals surface area (Å²) in [5.74, 6) is 0.201. The van der Waals surface area contributed by atoms with Gasteiger partial charge in [0.1, 0.15) is 97.6 Å². The molecule has 0 saturated carbocycles. The fraction of sp³-hybridized carbons (Fsp3) is 0.962. The Kier molecular flexibility index (Phi) is 12.0. The van der Waals surface area contributed by atoms with Gasteiger partial charge < -0.3 is 99.2 Å². The average molecular weight is 690 g/mol. The van der Waals surface area contributed by atoms with E-state index in [4.69, 9.17) is 37.9 Å². The number of hydrogen-bond acceptors (Lipinski definition) is 21. The Morgan fingerprint density at radius 1 is 0.532 bits per heavy atom. The highest BCUT2D eigenvalue weighted by Crippen LogP contribution is 2.35. The first-order chi connectivity index (χ1) is 22.3. The Hall–Kier alpha value is -1.29. The van der Waals surface area contributed by atoms with Gasteiger partial charge in [-0.3, -0.25) is 0 Å². The number of fused-ring (bicyclic) bond motifs is 1. The van der Waals surface area contributed by atoms with Gasteiger partial charge in [0.05, 0.1) is 26.4 Å². The Morgan fingerprint density at radius 3 is 1.64 bits per heavy atom. The van der Waals surface area contributed by atoms with Gasteiger partial charge >= 0.3 is 0 Å². The van der Waals surface area contributed by atoms with Crippen LogP contribution in [-0.2, 0) is 37.9 Å². The molecule has 21 heteroatoms. The molecule has 5 rings (SSSR count). The lowest BCUT2D eigenvalue weighted by atomic mass is 9.95. The predicted molar refractivity (Wildman–Crippen MR) is 144 cm³/mol. The van der Waals surface area contributed by atoms with E-state index < -0.39 is 149 Å². The number of nitrogens with zero attached hydrogens (tertiary/aromatic N) is 1. The molecule has 5 aliphatic heterocycles. The lowest BCUT2D eigenvalue weighted by Gasteiger charge is -2.48. The average Bonchev–Trinajstić information content (AvgIpc) is 3.44. The zero-order chi connectivity index (χ0) is 34.3. The number of ether oxygens (including phenoxy) is 8. The quantitative estimate of drug-likeness (QED) is 0.101. The zero-order valence-electron chi connectivity index (χ0n) is 25.0. The van der Waals surface area contributed by atoms with E-state index in [1.165, 1.54) is 6.92 Å². The van der Waals surface area contributed by atoms with Gasteiger partial charge in [0, 0.05) is 6.92 Å². The first kappa shape index (κ1) is 37.0. The number of hydrogen-bond donors (Lipinski definition) is 12. The van der Waals surface area contributed by atoms with Crippen molar-refractivity contribution in [2.45, 2.75) is 130 Å². The zero-order valence-corrected chi connectivity index (χ0v) is 25.0. The maximum Gasteiger partial charge on any atom is 0.227 e. The van der Waals surface area contributed by atoms with Gasteiger partial charge in [-0.2, -0.15) is 0 Å². The minimum absolute atomic E-state index is 0.201. The van der Waals surface area contributed by atoms with Crippen LogP contribution in [0.4, 0.5) is 0 Å². The minimum atomic E-state index is -1.96. The molecule has 0 amide bonds. The molecule has 0 spiro atoms. The summed E-state index contributed by atoms with van der Waals surface area (Å²) in [6.45, 7) is -1.41. The van der Waals surface area contributed by atoms with Crippen molar-refractivity contribution in [3.8, 4) is 0 Å². The molecule has 272 valence electrons. The SMILES string of the molecule is CC1=NC2C(O)[C@H](O[C@@H]3OC(CO[C@H]4OC(CO)[C@@H](O)C(O)C4O)[C@@H](O)C(O[C@H]4OC(CO)[C@@H](O)C(O)C4O)C3O)C(CO)O[C@@H]2O1. The Labute approximate surface area is 266 Å². The molecule has 21 nitrogen and oxygen atoms in total. The van der Waals surface area contributed by atoms with Crippen molar-refractivity contribution in [2.75, 3.05) is 26.4 Å². The highest BCUT2D eigenvalue weighted by molar-refractivity contribution is 5.75. The van der Waals surface area contributed by atoms with Gasteiger partial charge in [0.15, 0.2) is 24.8 Å². The molecular weight excluding hydrogens is 646 g/mol. The monoisotopic (exact) mass is 689 g/mol. The van der Waals surface area contributed by atoms with E-state index in [9.17, 15) is 61.3 Å². The largest absolute Gasteiger partial charge is 0.450 e. The number of aliphatic imine (C=N–C) groups is 1. The summed E-state index contributed by atoms with van der Waals surface area (Å²) in [7, 11) is 0. The summed E-state index contributed by atoms with van der Waals surface area (Å²) < 4.78 is 44.6. The van der Waals surface area contributed by atoms with E-state index in [2.05, 4.69) is 4.99 Å². The van der Waals surface area contributed by atoms with Crippen molar-refractivity contribution in [3.63, 3.8) is 0 Å². The second-order valence-corrected chi connectivity index (χ2v) is 11.9. The summed E-state index contributed by atoms with van der Waals surface area (Å²) in [5, 5.41) is 124. The van der Waals surface area contributed by atoms with E-state index in [0.717, 1.165) is 0 Å². The van der Waals surface area contributed by atoms with Crippen molar-refractivity contribution in [1.29, 1.82) is 0 Å². The fourth-order valence-electron chi connectivity index (χ4n) is 6.06.